The summed E-state index contributed by atoms with van der Waals surface area (Å²) in [6.45, 7) is 4.77. The largest absolute Gasteiger partial charge is 0.496 e. The summed E-state index contributed by atoms with van der Waals surface area (Å²) in [6.07, 6.45) is 2.57. The number of methoxy groups -OCH3 is 1. The number of aryl methyl sites for hydroxylation is 2. The Morgan fingerprint density at radius 1 is 1.04 bits per heavy atom. The van der Waals surface area contributed by atoms with E-state index in [9.17, 15) is 0 Å². The highest BCUT2D eigenvalue weighted by molar-refractivity contribution is 5.64. The number of hydrogen-bond donors (Lipinski definition) is 2. The second-order valence-electron chi connectivity index (χ2n) is 5.92. The van der Waals surface area contributed by atoms with Crippen molar-refractivity contribution in [1.29, 1.82) is 0 Å². The zero-order valence-electron chi connectivity index (χ0n) is 15.3. The fourth-order valence-corrected chi connectivity index (χ4v) is 2.79. The average molecular weight is 349 g/mol. The minimum atomic E-state index is 0.465. The molecule has 2 aromatic carbocycles. The van der Waals surface area contributed by atoms with Gasteiger partial charge in [-0.2, -0.15) is 10.1 Å². The van der Waals surface area contributed by atoms with Crippen LogP contribution in [0.3, 0.4) is 0 Å². The van der Waals surface area contributed by atoms with Crippen molar-refractivity contribution in [2.24, 2.45) is 0 Å². The number of para-hydroxylation sites is 2. The zero-order chi connectivity index (χ0) is 18.4. The van der Waals surface area contributed by atoms with Gasteiger partial charge in [0.15, 0.2) is 5.82 Å². The number of hydrogen-bond acceptors (Lipinski definition) is 6. The van der Waals surface area contributed by atoms with Gasteiger partial charge in [0.1, 0.15) is 5.75 Å². The van der Waals surface area contributed by atoms with Crippen LogP contribution < -0.4 is 15.4 Å². The molecule has 0 atom stereocenters. The Hall–Kier alpha value is -3.15. The molecule has 6 heteroatoms. The third kappa shape index (κ3) is 4.08. The van der Waals surface area contributed by atoms with Crippen LogP contribution in [0.5, 0.6) is 5.75 Å². The molecule has 0 fully saturated rings. The molecule has 26 heavy (non-hydrogen) atoms. The predicted octanol–water partition coefficient (Wildman–Crippen LogP) is 4.11. The van der Waals surface area contributed by atoms with Crippen molar-refractivity contribution < 1.29 is 4.74 Å². The first-order valence-corrected chi connectivity index (χ1v) is 8.62. The van der Waals surface area contributed by atoms with Gasteiger partial charge >= 0.3 is 0 Å². The second kappa shape index (κ2) is 8.29. The summed E-state index contributed by atoms with van der Waals surface area (Å²) in [5.74, 6) is 1.95. The number of anilines is 3. The third-order valence-corrected chi connectivity index (χ3v) is 4.18. The summed E-state index contributed by atoms with van der Waals surface area (Å²) < 4.78 is 5.37. The molecule has 3 rings (SSSR count). The van der Waals surface area contributed by atoms with Crippen LogP contribution in [0, 0.1) is 6.92 Å². The van der Waals surface area contributed by atoms with E-state index in [-0.39, 0.29) is 0 Å². The van der Waals surface area contributed by atoms with E-state index in [0.717, 1.165) is 23.4 Å². The number of ether oxygens (including phenoxy) is 1. The van der Waals surface area contributed by atoms with Gasteiger partial charge in [-0.15, -0.1) is 5.10 Å². The van der Waals surface area contributed by atoms with Gasteiger partial charge in [-0.3, -0.25) is 0 Å². The summed E-state index contributed by atoms with van der Waals surface area (Å²) >= 11 is 0. The molecular formula is C20H23N5O. The summed E-state index contributed by atoms with van der Waals surface area (Å²) in [5.41, 5.74) is 4.52. The first-order valence-electron chi connectivity index (χ1n) is 8.62. The Labute approximate surface area is 153 Å². The van der Waals surface area contributed by atoms with Crippen molar-refractivity contribution in [2.75, 3.05) is 17.7 Å². The number of benzene rings is 2. The smallest absolute Gasteiger partial charge is 0.244 e. The third-order valence-electron chi connectivity index (χ3n) is 4.18. The molecule has 0 radical (unpaired) electrons. The molecule has 1 aromatic heterocycles. The number of nitrogens with one attached hydrogen (secondary N) is 2. The topological polar surface area (TPSA) is 72.0 Å². The summed E-state index contributed by atoms with van der Waals surface area (Å²) in [6, 6.07) is 14.1. The molecule has 0 saturated heterocycles. The van der Waals surface area contributed by atoms with Crippen LogP contribution in [0.4, 0.5) is 17.5 Å². The lowest BCUT2D eigenvalue weighted by atomic mass is 10.1. The van der Waals surface area contributed by atoms with Crippen molar-refractivity contribution >= 4 is 17.5 Å². The van der Waals surface area contributed by atoms with E-state index >= 15 is 0 Å². The van der Waals surface area contributed by atoms with Crippen LogP contribution in [0.25, 0.3) is 0 Å². The van der Waals surface area contributed by atoms with Gasteiger partial charge in [0.05, 0.1) is 13.3 Å². The molecule has 3 aromatic rings. The molecule has 134 valence electrons. The Morgan fingerprint density at radius 3 is 2.65 bits per heavy atom. The van der Waals surface area contributed by atoms with E-state index in [0.29, 0.717) is 18.3 Å². The number of rotatable bonds is 7. The minimum Gasteiger partial charge on any atom is -0.496 e. The lowest BCUT2D eigenvalue weighted by molar-refractivity contribution is 0.410. The van der Waals surface area contributed by atoms with E-state index in [1.807, 2.05) is 24.3 Å². The van der Waals surface area contributed by atoms with Crippen LogP contribution in [0.1, 0.15) is 23.6 Å². The van der Waals surface area contributed by atoms with Gasteiger partial charge in [-0.05, 0) is 30.5 Å². The van der Waals surface area contributed by atoms with Crippen molar-refractivity contribution in [1.82, 2.24) is 15.2 Å². The van der Waals surface area contributed by atoms with Gasteiger partial charge in [0.2, 0.25) is 5.95 Å². The van der Waals surface area contributed by atoms with Crippen molar-refractivity contribution in [3.63, 3.8) is 0 Å². The molecule has 0 saturated carbocycles. The van der Waals surface area contributed by atoms with Crippen LogP contribution in [-0.2, 0) is 13.0 Å². The fraction of sp³-hybridized carbons (Fsp3) is 0.250. The van der Waals surface area contributed by atoms with E-state index in [1.165, 1.54) is 11.1 Å². The zero-order valence-corrected chi connectivity index (χ0v) is 15.3. The van der Waals surface area contributed by atoms with Gasteiger partial charge in [-0.25, -0.2) is 0 Å². The fourth-order valence-electron chi connectivity index (χ4n) is 2.79. The molecule has 2 N–H and O–H groups in total. The first-order chi connectivity index (χ1) is 12.7. The van der Waals surface area contributed by atoms with E-state index in [1.54, 1.807) is 13.3 Å². The lowest BCUT2D eigenvalue weighted by Crippen LogP contribution is -2.08. The van der Waals surface area contributed by atoms with Crippen molar-refractivity contribution in [3.8, 4) is 5.75 Å². The molecule has 6 nitrogen and oxygen atoms in total. The molecule has 0 amide bonds. The average Bonchev–Trinajstić information content (AvgIpc) is 2.68. The Kier molecular flexibility index (Phi) is 5.63. The van der Waals surface area contributed by atoms with Gasteiger partial charge in [0, 0.05) is 17.8 Å². The summed E-state index contributed by atoms with van der Waals surface area (Å²) in [7, 11) is 1.66. The van der Waals surface area contributed by atoms with Gasteiger partial charge in [-0.1, -0.05) is 43.3 Å². The summed E-state index contributed by atoms with van der Waals surface area (Å²) in [4.78, 5) is 4.52. The second-order valence-corrected chi connectivity index (χ2v) is 5.92. The molecule has 1 heterocycles. The predicted molar refractivity (Wildman–Crippen MR) is 104 cm³/mol. The molecule has 0 spiro atoms. The molecular weight excluding hydrogens is 326 g/mol. The highest BCUT2D eigenvalue weighted by atomic mass is 16.5. The highest BCUT2D eigenvalue weighted by Gasteiger charge is 2.08. The van der Waals surface area contributed by atoms with E-state index in [2.05, 4.69) is 57.9 Å². The van der Waals surface area contributed by atoms with E-state index in [4.69, 9.17) is 4.74 Å². The van der Waals surface area contributed by atoms with Gasteiger partial charge in [0.25, 0.3) is 0 Å². The highest BCUT2D eigenvalue weighted by Crippen LogP contribution is 2.24. The van der Waals surface area contributed by atoms with E-state index < -0.39 is 0 Å². The maximum atomic E-state index is 5.37. The monoisotopic (exact) mass is 349 g/mol. The SMILES string of the molecule is CCc1cccc(C)c1Nc1cnnc(NCc2ccccc2OC)n1. The number of aromatic nitrogens is 3. The molecule has 0 aliphatic rings. The first kappa shape index (κ1) is 17.7. The van der Waals surface area contributed by atoms with Crippen LogP contribution in [0.2, 0.25) is 0 Å². The molecule has 0 aliphatic carbocycles. The van der Waals surface area contributed by atoms with Gasteiger partial charge < -0.3 is 15.4 Å². The van der Waals surface area contributed by atoms with Crippen LogP contribution in [0.15, 0.2) is 48.7 Å². The maximum Gasteiger partial charge on any atom is 0.244 e. The Morgan fingerprint density at radius 2 is 1.85 bits per heavy atom. The van der Waals surface area contributed by atoms with Crippen molar-refractivity contribution in [3.05, 3.63) is 65.4 Å². The standard InChI is InChI=1S/C20H23N5O/c1-4-15-10-7-8-14(2)19(15)23-18-13-22-25-20(24-18)21-12-16-9-5-6-11-17(16)26-3/h5-11,13H,4,12H2,1-3H3,(H2,21,23,24,25). The molecule has 0 aliphatic heterocycles. The maximum absolute atomic E-state index is 5.37. The summed E-state index contributed by atoms with van der Waals surface area (Å²) in [5, 5.41) is 14.7. The minimum absolute atomic E-state index is 0.465. The molecule has 0 bridgehead atoms. The Balaban J connectivity index is 1.75. The Bertz CT molecular complexity index is 882. The normalized spacial score (nSPS) is 10.4. The van der Waals surface area contributed by atoms with Crippen LogP contribution in [-0.4, -0.2) is 22.3 Å². The van der Waals surface area contributed by atoms with Crippen LogP contribution >= 0.6 is 0 Å². The van der Waals surface area contributed by atoms with Crippen molar-refractivity contribution in [2.45, 2.75) is 26.8 Å². The lowest BCUT2D eigenvalue weighted by Gasteiger charge is -2.14. The number of nitrogens with zero attached hydrogens (tertiary/aromatic N) is 3. The quantitative estimate of drug-likeness (QED) is 0.669. The molecule has 0 unspecified atom stereocenters.